The van der Waals surface area contributed by atoms with Crippen molar-refractivity contribution in [2.45, 2.75) is 26.3 Å². The number of fused-ring (bicyclic) bond motifs is 1. The van der Waals surface area contributed by atoms with Gasteiger partial charge in [-0.3, -0.25) is 0 Å². The van der Waals surface area contributed by atoms with E-state index in [1.165, 1.54) is 0 Å². The Balaban J connectivity index is 1.99. The molecule has 0 aromatic heterocycles. The van der Waals surface area contributed by atoms with Crippen molar-refractivity contribution in [2.24, 2.45) is 5.92 Å². The Labute approximate surface area is 122 Å². The van der Waals surface area contributed by atoms with E-state index in [9.17, 15) is 9.59 Å². The second-order valence-electron chi connectivity index (χ2n) is 4.87. The van der Waals surface area contributed by atoms with Crippen LogP contribution in [0.1, 0.15) is 20.3 Å². The fraction of sp³-hybridized carbons (Fsp3) is 0.429. The highest BCUT2D eigenvalue weighted by molar-refractivity contribution is 5.92. The highest BCUT2D eigenvalue weighted by Crippen LogP contribution is 2.34. The van der Waals surface area contributed by atoms with Gasteiger partial charge in [0.15, 0.2) is 11.5 Å². The van der Waals surface area contributed by atoms with Gasteiger partial charge in [0.05, 0.1) is 0 Å². The Morgan fingerprint density at radius 3 is 2.71 bits per heavy atom. The van der Waals surface area contributed by atoms with Crippen LogP contribution in [0.15, 0.2) is 18.2 Å². The number of carboxylic acid groups (broad SMARTS) is 1. The zero-order valence-electron chi connectivity index (χ0n) is 11.9. The van der Waals surface area contributed by atoms with Gasteiger partial charge in [-0.2, -0.15) is 0 Å². The predicted octanol–water partition coefficient (Wildman–Crippen LogP) is 2.04. The van der Waals surface area contributed by atoms with Gasteiger partial charge in [0.2, 0.25) is 6.79 Å². The molecule has 1 aliphatic rings. The fourth-order valence-electron chi connectivity index (χ4n) is 1.97. The average molecular weight is 294 g/mol. The van der Waals surface area contributed by atoms with Gasteiger partial charge in [0.1, 0.15) is 6.04 Å². The van der Waals surface area contributed by atoms with E-state index < -0.39 is 18.0 Å². The van der Waals surface area contributed by atoms with Crippen molar-refractivity contribution in [3.8, 4) is 11.5 Å². The fourth-order valence-corrected chi connectivity index (χ4v) is 1.97. The maximum atomic E-state index is 11.9. The normalized spacial score (nSPS) is 15.1. The van der Waals surface area contributed by atoms with Crippen molar-refractivity contribution in [2.75, 3.05) is 12.1 Å². The quantitative estimate of drug-likeness (QED) is 0.772. The molecule has 0 spiro atoms. The highest BCUT2D eigenvalue weighted by atomic mass is 16.7. The Bertz CT molecular complexity index is 546. The van der Waals surface area contributed by atoms with Crippen LogP contribution in [0.25, 0.3) is 0 Å². The van der Waals surface area contributed by atoms with E-state index >= 15 is 0 Å². The Morgan fingerprint density at radius 2 is 2.05 bits per heavy atom. The lowest BCUT2D eigenvalue weighted by Crippen LogP contribution is -2.46. The summed E-state index contributed by atoms with van der Waals surface area (Å²) in [5.74, 6) is -0.0522. The number of nitrogens with one attached hydrogen (secondary N) is 2. The van der Waals surface area contributed by atoms with Gasteiger partial charge < -0.3 is 25.2 Å². The number of hydrogen-bond donors (Lipinski definition) is 3. The summed E-state index contributed by atoms with van der Waals surface area (Å²) in [6, 6.07) is 3.47. The zero-order valence-corrected chi connectivity index (χ0v) is 11.9. The van der Waals surface area contributed by atoms with Crippen LogP contribution in [0.3, 0.4) is 0 Å². The molecule has 0 radical (unpaired) electrons. The van der Waals surface area contributed by atoms with Crippen molar-refractivity contribution in [3.05, 3.63) is 18.2 Å². The first-order valence-electron chi connectivity index (χ1n) is 6.71. The molecule has 1 aromatic carbocycles. The van der Waals surface area contributed by atoms with E-state index in [0.717, 1.165) is 0 Å². The maximum absolute atomic E-state index is 11.9. The first-order valence-corrected chi connectivity index (χ1v) is 6.71. The van der Waals surface area contributed by atoms with Crippen molar-refractivity contribution in [1.82, 2.24) is 5.32 Å². The molecule has 2 rings (SSSR count). The third-order valence-electron chi connectivity index (χ3n) is 3.40. The van der Waals surface area contributed by atoms with Crippen LogP contribution in [0, 0.1) is 5.92 Å². The molecule has 3 N–H and O–H groups in total. The minimum Gasteiger partial charge on any atom is -0.480 e. The minimum atomic E-state index is -1.05. The molecule has 1 aromatic rings. The topological polar surface area (TPSA) is 96.9 Å². The predicted molar refractivity (Wildman–Crippen MR) is 75.6 cm³/mol. The minimum absolute atomic E-state index is 0.153. The molecule has 7 nitrogen and oxygen atoms in total. The van der Waals surface area contributed by atoms with E-state index in [0.29, 0.717) is 23.6 Å². The third-order valence-corrected chi connectivity index (χ3v) is 3.40. The van der Waals surface area contributed by atoms with E-state index in [-0.39, 0.29) is 12.7 Å². The SMILES string of the molecule is CCC(C)[C@H](NC(=O)Nc1ccc2c(c1)OCO2)C(=O)O. The number of hydrogen-bond acceptors (Lipinski definition) is 4. The number of ether oxygens (including phenoxy) is 2. The van der Waals surface area contributed by atoms with Gasteiger partial charge in [-0.1, -0.05) is 20.3 Å². The lowest BCUT2D eigenvalue weighted by Gasteiger charge is -2.20. The maximum Gasteiger partial charge on any atom is 0.326 e. The number of aliphatic carboxylic acids is 1. The lowest BCUT2D eigenvalue weighted by molar-refractivity contribution is -0.140. The van der Waals surface area contributed by atoms with Gasteiger partial charge in [0, 0.05) is 11.8 Å². The molecule has 7 heteroatoms. The van der Waals surface area contributed by atoms with Crippen molar-refractivity contribution in [1.29, 1.82) is 0 Å². The number of carboxylic acids is 1. The van der Waals surface area contributed by atoms with Crippen LogP contribution >= 0.6 is 0 Å². The number of urea groups is 1. The zero-order chi connectivity index (χ0) is 15.4. The third kappa shape index (κ3) is 3.56. The second-order valence-corrected chi connectivity index (χ2v) is 4.87. The molecule has 0 saturated carbocycles. The highest BCUT2D eigenvalue weighted by Gasteiger charge is 2.25. The van der Waals surface area contributed by atoms with Crippen LogP contribution in [0.2, 0.25) is 0 Å². The lowest BCUT2D eigenvalue weighted by atomic mass is 9.99. The van der Waals surface area contributed by atoms with Crippen molar-refractivity contribution >= 4 is 17.7 Å². The van der Waals surface area contributed by atoms with E-state index in [2.05, 4.69) is 10.6 Å². The van der Waals surface area contributed by atoms with Crippen LogP contribution in [0.4, 0.5) is 10.5 Å². The number of benzene rings is 1. The van der Waals surface area contributed by atoms with E-state index in [1.807, 2.05) is 6.92 Å². The summed E-state index contributed by atoms with van der Waals surface area (Å²) in [7, 11) is 0. The Hall–Kier alpha value is -2.44. The summed E-state index contributed by atoms with van der Waals surface area (Å²) in [5, 5.41) is 14.2. The summed E-state index contributed by atoms with van der Waals surface area (Å²) < 4.78 is 10.4. The summed E-state index contributed by atoms with van der Waals surface area (Å²) in [6.45, 7) is 3.80. The molecule has 21 heavy (non-hydrogen) atoms. The molecular formula is C14H18N2O5. The van der Waals surface area contributed by atoms with Gasteiger partial charge in [0.25, 0.3) is 0 Å². The van der Waals surface area contributed by atoms with Gasteiger partial charge in [-0.25, -0.2) is 9.59 Å². The van der Waals surface area contributed by atoms with Crippen molar-refractivity contribution in [3.63, 3.8) is 0 Å². The summed E-state index contributed by atoms with van der Waals surface area (Å²) >= 11 is 0. The second kappa shape index (κ2) is 6.34. The average Bonchev–Trinajstić information content (AvgIpc) is 2.91. The molecular weight excluding hydrogens is 276 g/mol. The molecule has 1 unspecified atom stereocenters. The number of carbonyl (C=O) groups is 2. The molecule has 2 atom stereocenters. The van der Waals surface area contributed by atoms with Crippen LogP contribution in [-0.2, 0) is 4.79 Å². The van der Waals surface area contributed by atoms with Crippen molar-refractivity contribution < 1.29 is 24.2 Å². The van der Waals surface area contributed by atoms with Crippen LogP contribution in [0.5, 0.6) is 11.5 Å². The Kier molecular flexibility index (Phi) is 4.52. The Morgan fingerprint density at radius 1 is 1.33 bits per heavy atom. The monoisotopic (exact) mass is 294 g/mol. The summed E-state index contributed by atoms with van der Waals surface area (Å²) in [4.78, 5) is 23.1. The van der Waals surface area contributed by atoms with Gasteiger partial charge in [-0.15, -0.1) is 0 Å². The molecule has 114 valence electrons. The number of carbonyl (C=O) groups excluding carboxylic acids is 1. The van der Waals surface area contributed by atoms with Gasteiger partial charge >= 0.3 is 12.0 Å². The molecule has 2 amide bonds. The number of rotatable bonds is 5. The molecule has 0 saturated heterocycles. The van der Waals surface area contributed by atoms with Gasteiger partial charge in [-0.05, 0) is 18.1 Å². The van der Waals surface area contributed by atoms with Crippen LogP contribution in [-0.4, -0.2) is 29.9 Å². The largest absolute Gasteiger partial charge is 0.480 e. The summed E-state index contributed by atoms with van der Waals surface area (Å²) in [5.41, 5.74) is 0.505. The molecule has 0 fully saturated rings. The molecule has 1 heterocycles. The standard InChI is InChI=1S/C14H18N2O5/c1-3-8(2)12(13(17)18)16-14(19)15-9-4-5-10-11(6-9)21-7-20-10/h4-6,8,12H,3,7H2,1-2H3,(H,17,18)(H2,15,16,19)/t8?,12-/m0/s1. The first kappa shape index (κ1) is 15.0. The van der Waals surface area contributed by atoms with Crippen LogP contribution < -0.4 is 20.1 Å². The molecule has 0 aliphatic carbocycles. The van der Waals surface area contributed by atoms with E-state index in [1.54, 1.807) is 25.1 Å². The summed E-state index contributed by atoms with van der Waals surface area (Å²) in [6.07, 6.45) is 0.654. The molecule has 0 bridgehead atoms. The number of amides is 2. The molecule has 1 aliphatic heterocycles. The van der Waals surface area contributed by atoms with E-state index in [4.69, 9.17) is 14.6 Å². The number of anilines is 1. The smallest absolute Gasteiger partial charge is 0.326 e. The first-order chi connectivity index (χ1) is 10.0.